The summed E-state index contributed by atoms with van der Waals surface area (Å²) in [4.78, 5) is 4.06. The third-order valence-corrected chi connectivity index (χ3v) is 3.48. The highest BCUT2D eigenvalue weighted by Gasteiger charge is 2.30. The Hall–Kier alpha value is -1.75. The van der Waals surface area contributed by atoms with Gasteiger partial charge in [0.25, 0.3) is 0 Å². The van der Waals surface area contributed by atoms with Crippen molar-refractivity contribution in [2.45, 2.75) is 31.3 Å². The van der Waals surface area contributed by atoms with Crippen molar-refractivity contribution in [3.8, 4) is 0 Å². The first-order valence-corrected chi connectivity index (χ1v) is 6.14. The van der Waals surface area contributed by atoms with Crippen LogP contribution in [-0.4, -0.2) is 21.2 Å². The van der Waals surface area contributed by atoms with Gasteiger partial charge in [0.15, 0.2) is 0 Å². The van der Waals surface area contributed by atoms with Gasteiger partial charge in [0, 0.05) is 6.04 Å². The average molecular weight is 246 g/mol. The number of rotatable bonds is 4. The van der Waals surface area contributed by atoms with Crippen LogP contribution in [0.25, 0.3) is 0 Å². The molecule has 1 fully saturated rings. The Balaban J connectivity index is 1.48. The molecule has 1 aliphatic rings. The van der Waals surface area contributed by atoms with Crippen molar-refractivity contribution >= 4 is 0 Å². The fourth-order valence-electron chi connectivity index (χ4n) is 2.37. The predicted octanol–water partition coefficient (Wildman–Crippen LogP) is 1.98. The summed E-state index contributed by atoms with van der Waals surface area (Å²) in [6, 6.07) is 7.39. The first-order chi connectivity index (χ1) is 8.81. The maximum atomic E-state index is 13.1. The molecule has 0 saturated heterocycles. The Morgan fingerprint density at radius 3 is 3.00 bits per heavy atom. The van der Waals surface area contributed by atoms with Gasteiger partial charge in [-0.2, -0.15) is 5.10 Å². The molecule has 2 N–H and O–H groups in total. The molecule has 0 unspecified atom stereocenters. The Kier molecular flexibility index (Phi) is 3.06. The lowest BCUT2D eigenvalue weighted by Gasteiger charge is -2.36. The van der Waals surface area contributed by atoms with Crippen LogP contribution in [0.5, 0.6) is 0 Å². The number of nitrogens with zero attached hydrogens (tertiary/aromatic N) is 2. The van der Waals surface area contributed by atoms with E-state index in [0.717, 1.165) is 24.2 Å². The number of hydrogen-bond acceptors (Lipinski definition) is 3. The van der Waals surface area contributed by atoms with Crippen LogP contribution in [0.2, 0.25) is 0 Å². The lowest BCUT2D eigenvalue weighted by Crippen LogP contribution is -2.39. The van der Waals surface area contributed by atoms with Crippen LogP contribution < -0.4 is 5.32 Å². The molecular weight excluding hydrogens is 231 g/mol. The number of aromatic amines is 1. The molecule has 0 radical (unpaired) electrons. The predicted molar refractivity (Wildman–Crippen MR) is 65.4 cm³/mol. The van der Waals surface area contributed by atoms with Gasteiger partial charge < -0.3 is 5.32 Å². The van der Waals surface area contributed by atoms with Crippen LogP contribution in [0.15, 0.2) is 30.6 Å². The molecule has 3 rings (SSSR count). The minimum atomic E-state index is -0.148. The van der Waals surface area contributed by atoms with Crippen LogP contribution in [-0.2, 0) is 6.54 Å². The summed E-state index contributed by atoms with van der Waals surface area (Å²) >= 11 is 0. The number of aromatic nitrogens is 3. The fourth-order valence-corrected chi connectivity index (χ4v) is 2.37. The van der Waals surface area contributed by atoms with Crippen LogP contribution in [0.3, 0.4) is 0 Å². The first-order valence-electron chi connectivity index (χ1n) is 6.14. The molecule has 0 amide bonds. The van der Waals surface area contributed by atoms with E-state index in [1.165, 1.54) is 12.4 Å². The molecule has 94 valence electrons. The Bertz CT molecular complexity index is 505. The SMILES string of the molecule is Fc1cccc(C2CC(NCc3ncn[nH]3)C2)c1. The largest absolute Gasteiger partial charge is 0.307 e. The van der Waals surface area contributed by atoms with E-state index < -0.39 is 0 Å². The van der Waals surface area contributed by atoms with Gasteiger partial charge in [-0.25, -0.2) is 9.37 Å². The van der Waals surface area contributed by atoms with Gasteiger partial charge in [0.2, 0.25) is 0 Å². The molecule has 1 saturated carbocycles. The molecule has 5 heteroatoms. The Morgan fingerprint density at radius 2 is 2.28 bits per heavy atom. The molecule has 18 heavy (non-hydrogen) atoms. The standard InChI is InChI=1S/C13H15FN4/c14-11-3-1-2-9(4-11)10-5-12(6-10)15-7-13-16-8-17-18-13/h1-4,8,10,12,15H,5-7H2,(H,16,17,18). The molecule has 2 aromatic rings. The van der Waals surface area contributed by atoms with Gasteiger partial charge in [0.1, 0.15) is 18.0 Å². The summed E-state index contributed by atoms with van der Waals surface area (Å²) in [6.07, 6.45) is 3.61. The summed E-state index contributed by atoms with van der Waals surface area (Å²) in [7, 11) is 0. The normalized spacial score (nSPS) is 22.7. The van der Waals surface area contributed by atoms with E-state index in [0.29, 0.717) is 18.5 Å². The van der Waals surface area contributed by atoms with Crippen molar-refractivity contribution in [3.63, 3.8) is 0 Å². The van der Waals surface area contributed by atoms with Crippen molar-refractivity contribution < 1.29 is 4.39 Å². The van der Waals surface area contributed by atoms with Gasteiger partial charge in [-0.3, -0.25) is 5.10 Å². The van der Waals surface area contributed by atoms with Gasteiger partial charge in [-0.15, -0.1) is 0 Å². The van der Waals surface area contributed by atoms with Gasteiger partial charge in [-0.05, 0) is 36.5 Å². The second kappa shape index (κ2) is 4.86. The molecule has 0 atom stereocenters. The monoisotopic (exact) mass is 246 g/mol. The number of nitrogens with one attached hydrogen (secondary N) is 2. The summed E-state index contributed by atoms with van der Waals surface area (Å²) in [5.41, 5.74) is 1.10. The molecule has 1 heterocycles. The van der Waals surface area contributed by atoms with Crippen LogP contribution in [0, 0.1) is 5.82 Å². The van der Waals surface area contributed by atoms with Gasteiger partial charge in [0.05, 0.1) is 6.54 Å². The number of halogens is 1. The molecule has 1 aliphatic carbocycles. The maximum absolute atomic E-state index is 13.1. The fraction of sp³-hybridized carbons (Fsp3) is 0.385. The highest BCUT2D eigenvalue weighted by atomic mass is 19.1. The lowest BCUT2D eigenvalue weighted by atomic mass is 9.76. The van der Waals surface area contributed by atoms with Crippen molar-refractivity contribution in [1.82, 2.24) is 20.5 Å². The van der Waals surface area contributed by atoms with E-state index in [1.807, 2.05) is 6.07 Å². The van der Waals surface area contributed by atoms with Crippen LogP contribution >= 0.6 is 0 Å². The third-order valence-electron chi connectivity index (χ3n) is 3.48. The van der Waals surface area contributed by atoms with E-state index in [-0.39, 0.29) is 5.82 Å². The van der Waals surface area contributed by atoms with Crippen LogP contribution in [0.4, 0.5) is 4.39 Å². The minimum Gasteiger partial charge on any atom is -0.307 e. The van der Waals surface area contributed by atoms with Crippen LogP contribution in [0.1, 0.15) is 30.1 Å². The van der Waals surface area contributed by atoms with E-state index in [2.05, 4.69) is 20.5 Å². The zero-order chi connectivity index (χ0) is 12.4. The van der Waals surface area contributed by atoms with Crippen molar-refractivity contribution in [3.05, 3.63) is 47.8 Å². The van der Waals surface area contributed by atoms with E-state index in [1.54, 1.807) is 12.1 Å². The quantitative estimate of drug-likeness (QED) is 0.867. The zero-order valence-electron chi connectivity index (χ0n) is 9.94. The molecule has 0 aliphatic heterocycles. The second-order valence-corrected chi connectivity index (χ2v) is 4.73. The summed E-state index contributed by atoms with van der Waals surface area (Å²) < 4.78 is 13.1. The highest BCUT2D eigenvalue weighted by molar-refractivity contribution is 5.23. The van der Waals surface area contributed by atoms with Crippen molar-refractivity contribution in [2.75, 3.05) is 0 Å². The number of benzene rings is 1. The minimum absolute atomic E-state index is 0.148. The molecule has 1 aromatic heterocycles. The summed E-state index contributed by atoms with van der Waals surface area (Å²) in [6.45, 7) is 0.709. The lowest BCUT2D eigenvalue weighted by molar-refractivity contribution is 0.287. The van der Waals surface area contributed by atoms with E-state index in [4.69, 9.17) is 0 Å². The molecule has 0 spiro atoms. The van der Waals surface area contributed by atoms with E-state index in [9.17, 15) is 4.39 Å². The van der Waals surface area contributed by atoms with Crippen molar-refractivity contribution in [1.29, 1.82) is 0 Å². The van der Waals surface area contributed by atoms with Gasteiger partial charge >= 0.3 is 0 Å². The summed E-state index contributed by atoms with van der Waals surface area (Å²) in [5.74, 6) is 1.18. The number of hydrogen-bond donors (Lipinski definition) is 2. The number of H-pyrrole nitrogens is 1. The molecule has 0 bridgehead atoms. The zero-order valence-corrected chi connectivity index (χ0v) is 9.94. The van der Waals surface area contributed by atoms with Gasteiger partial charge in [-0.1, -0.05) is 12.1 Å². The van der Waals surface area contributed by atoms with Crippen molar-refractivity contribution in [2.24, 2.45) is 0 Å². The summed E-state index contributed by atoms with van der Waals surface area (Å²) in [5, 5.41) is 10.0. The average Bonchev–Trinajstić information content (AvgIpc) is 2.80. The smallest absolute Gasteiger partial charge is 0.138 e. The molecule has 4 nitrogen and oxygen atoms in total. The first kappa shape index (κ1) is 11.3. The Labute approximate surface area is 105 Å². The molecular formula is C13H15FN4. The van der Waals surface area contributed by atoms with E-state index >= 15 is 0 Å². The highest BCUT2D eigenvalue weighted by Crippen LogP contribution is 2.36. The molecule has 1 aromatic carbocycles. The second-order valence-electron chi connectivity index (χ2n) is 4.73. The topological polar surface area (TPSA) is 53.6 Å². The third kappa shape index (κ3) is 2.41. The maximum Gasteiger partial charge on any atom is 0.138 e. The Morgan fingerprint density at radius 1 is 1.39 bits per heavy atom.